The zero-order valence-corrected chi connectivity index (χ0v) is 15.7. The highest BCUT2D eigenvalue weighted by Gasteiger charge is 2.43. The maximum atomic E-state index is 11.5. The average Bonchev–Trinajstić information content (AvgIpc) is 2.31. The van der Waals surface area contributed by atoms with E-state index in [0.717, 1.165) is 6.42 Å². The van der Waals surface area contributed by atoms with Crippen LogP contribution in [-0.4, -0.2) is 32.4 Å². The van der Waals surface area contributed by atoms with Gasteiger partial charge in [0, 0.05) is 18.8 Å². The third kappa shape index (κ3) is 4.76. The number of rotatable bonds is 5. The van der Waals surface area contributed by atoms with E-state index >= 15 is 0 Å². The fourth-order valence-corrected chi connectivity index (χ4v) is 3.89. The molecule has 0 saturated carbocycles. The lowest BCUT2D eigenvalue weighted by molar-refractivity contribution is -0.133. The molecule has 1 saturated heterocycles. The Kier molecular flexibility index (Phi) is 5.98. The number of carbonyl (C=O) groups excluding carboxylic acids is 1. The Labute approximate surface area is 131 Å². The van der Waals surface area contributed by atoms with Crippen molar-refractivity contribution in [2.75, 3.05) is 0 Å². The van der Waals surface area contributed by atoms with Crippen molar-refractivity contribution >= 4 is 14.1 Å². The van der Waals surface area contributed by atoms with Gasteiger partial charge in [-0.1, -0.05) is 33.8 Å². The minimum atomic E-state index is -1.82. The highest BCUT2D eigenvalue weighted by atomic mass is 28.4. The summed E-state index contributed by atoms with van der Waals surface area (Å²) >= 11 is 0. The average molecular weight is 313 g/mol. The van der Waals surface area contributed by atoms with Crippen LogP contribution >= 0.6 is 0 Å². The van der Waals surface area contributed by atoms with Gasteiger partial charge in [0.05, 0.1) is 18.3 Å². The largest absolute Gasteiger partial charge is 0.413 e. The van der Waals surface area contributed by atoms with Gasteiger partial charge in [0.25, 0.3) is 0 Å². The first kappa shape index (κ1) is 18.6. The van der Waals surface area contributed by atoms with Crippen LogP contribution in [0.5, 0.6) is 0 Å². The summed E-state index contributed by atoms with van der Waals surface area (Å²) in [5, 5.41) is 0.185. The number of carbonyl (C=O) groups is 1. The van der Waals surface area contributed by atoms with Crippen LogP contribution < -0.4 is 0 Å². The van der Waals surface area contributed by atoms with Gasteiger partial charge in [-0.15, -0.1) is 6.58 Å². The van der Waals surface area contributed by atoms with Crippen molar-refractivity contribution in [1.82, 2.24) is 0 Å². The number of hydrogen-bond donors (Lipinski definition) is 0. The van der Waals surface area contributed by atoms with Crippen molar-refractivity contribution in [2.45, 2.75) is 83.9 Å². The Bertz CT molecular complexity index is 384. The van der Waals surface area contributed by atoms with E-state index < -0.39 is 8.32 Å². The summed E-state index contributed by atoms with van der Waals surface area (Å²) in [5.41, 5.74) is 0. The molecule has 0 spiro atoms. The van der Waals surface area contributed by atoms with Crippen LogP contribution in [0.4, 0.5) is 0 Å². The Morgan fingerprint density at radius 3 is 2.43 bits per heavy atom. The van der Waals surface area contributed by atoms with Crippen molar-refractivity contribution in [3.8, 4) is 0 Å². The minimum Gasteiger partial charge on any atom is -0.413 e. The van der Waals surface area contributed by atoms with E-state index in [-0.39, 0.29) is 35.1 Å². The summed E-state index contributed by atoms with van der Waals surface area (Å²) in [6.45, 7) is 18.9. The van der Waals surface area contributed by atoms with Crippen LogP contribution in [-0.2, 0) is 14.0 Å². The highest BCUT2D eigenvalue weighted by molar-refractivity contribution is 6.74. The predicted octanol–water partition coefficient (Wildman–Crippen LogP) is 4.34. The molecule has 1 heterocycles. The van der Waals surface area contributed by atoms with Gasteiger partial charge in [0.2, 0.25) is 0 Å². The second kappa shape index (κ2) is 6.76. The van der Waals surface area contributed by atoms with Crippen molar-refractivity contribution in [3.05, 3.63) is 12.7 Å². The summed E-state index contributed by atoms with van der Waals surface area (Å²) in [5.74, 6) is 0.405. The molecule has 0 bridgehead atoms. The van der Waals surface area contributed by atoms with Crippen LogP contribution in [0, 0.1) is 5.92 Å². The molecule has 0 aliphatic carbocycles. The van der Waals surface area contributed by atoms with Crippen molar-refractivity contribution in [2.24, 2.45) is 5.92 Å². The molecular weight excluding hydrogens is 280 g/mol. The van der Waals surface area contributed by atoms with E-state index in [0.29, 0.717) is 6.42 Å². The van der Waals surface area contributed by atoms with Gasteiger partial charge in [-0.25, -0.2) is 0 Å². The van der Waals surface area contributed by atoms with E-state index in [1.165, 1.54) is 0 Å². The lowest BCUT2D eigenvalue weighted by Crippen LogP contribution is -2.51. The maximum Gasteiger partial charge on any atom is 0.192 e. The molecule has 0 aromatic carbocycles. The van der Waals surface area contributed by atoms with Gasteiger partial charge in [-0.2, -0.15) is 0 Å². The first-order valence-corrected chi connectivity index (χ1v) is 10.8. The van der Waals surface area contributed by atoms with Crippen LogP contribution in [0.3, 0.4) is 0 Å². The normalized spacial score (nSPS) is 31.0. The molecule has 122 valence electrons. The smallest absolute Gasteiger partial charge is 0.192 e. The number of ether oxygens (including phenoxy) is 1. The number of hydrogen-bond acceptors (Lipinski definition) is 3. The minimum absolute atomic E-state index is 0.0136. The predicted molar refractivity (Wildman–Crippen MR) is 90.0 cm³/mol. The Hall–Kier alpha value is -0.453. The van der Waals surface area contributed by atoms with Gasteiger partial charge in [0.1, 0.15) is 5.78 Å². The van der Waals surface area contributed by atoms with Gasteiger partial charge >= 0.3 is 0 Å². The molecule has 21 heavy (non-hydrogen) atoms. The molecule has 1 rings (SSSR count). The van der Waals surface area contributed by atoms with E-state index in [1.807, 2.05) is 6.08 Å². The highest BCUT2D eigenvalue weighted by Crippen LogP contribution is 2.40. The Morgan fingerprint density at radius 1 is 1.43 bits per heavy atom. The summed E-state index contributed by atoms with van der Waals surface area (Å²) < 4.78 is 12.6. The molecule has 0 unspecified atom stereocenters. The fourth-order valence-electron chi connectivity index (χ4n) is 2.47. The fraction of sp³-hybridized carbons (Fsp3) is 0.824. The molecule has 1 aliphatic rings. The van der Waals surface area contributed by atoms with Gasteiger partial charge in [-0.3, -0.25) is 4.79 Å². The van der Waals surface area contributed by atoms with Crippen molar-refractivity contribution in [3.63, 3.8) is 0 Å². The summed E-state index contributed by atoms with van der Waals surface area (Å²) in [6.07, 6.45) is 3.21. The van der Waals surface area contributed by atoms with Crippen LogP contribution in [0.1, 0.15) is 47.5 Å². The van der Waals surface area contributed by atoms with Gasteiger partial charge < -0.3 is 9.16 Å². The number of ketones is 1. The van der Waals surface area contributed by atoms with E-state index in [2.05, 4.69) is 47.4 Å². The van der Waals surface area contributed by atoms with Crippen molar-refractivity contribution in [1.29, 1.82) is 0 Å². The molecule has 0 N–H and O–H groups in total. The molecule has 0 radical (unpaired) electrons. The molecule has 4 atom stereocenters. The van der Waals surface area contributed by atoms with Crippen molar-refractivity contribution < 1.29 is 14.0 Å². The quantitative estimate of drug-likeness (QED) is 0.560. The summed E-state index contributed by atoms with van der Waals surface area (Å²) in [4.78, 5) is 11.5. The standard InChI is InChI=1S/C17H32O3Si/c1-9-14-11-16(20-21(7,8)17(4,5)6)13(3)15(19-14)10-12(2)18/h9,13-16H,1,10-11H2,2-8H3/t13-,14-,15+,16+/m0/s1. The third-order valence-corrected chi connectivity index (χ3v) is 9.50. The monoisotopic (exact) mass is 312 g/mol. The van der Waals surface area contributed by atoms with E-state index in [1.54, 1.807) is 6.92 Å². The molecular formula is C17H32O3Si. The SMILES string of the molecule is C=C[C@H]1C[C@@H](O[Si](C)(C)C(C)(C)C)[C@@H](C)[C@@H](CC(C)=O)O1. The first-order valence-electron chi connectivity index (χ1n) is 7.93. The first-order chi connectivity index (χ1) is 9.48. The zero-order valence-electron chi connectivity index (χ0n) is 14.7. The van der Waals surface area contributed by atoms with Crippen LogP contribution in [0.25, 0.3) is 0 Å². The molecule has 0 aromatic rings. The molecule has 1 aliphatic heterocycles. The Morgan fingerprint density at radius 2 is 2.00 bits per heavy atom. The molecule has 4 heteroatoms. The molecule has 1 fully saturated rings. The van der Waals surface area contributed by atoms with Gasteiger partial charge in [-0.05, 0) is 25.1 Å². The maximum absolute atomic E-state index is 11.5. The topological polar surface area (TPSA) is 35.5 Å². The lowest BCUT2D eigenvalue weighted by atomic mass is 9.88. The molecule has 0 aromatic heterocycles. The second-order valence-electron chi connectivity index (χ2n) is 7.87. The van der Waals surface area contributed by atoms with E-state index in [9.17, 15) is 4.79 Å². The van der Waals surface area contributed by atoms with E-state index in [4.69, 9.17) is 9.16 Å². The second-order valence-corrected chi connectivity index (χ2v) is 12.6. The lowest BCUT2D eigenvalue weighted by Gasteiger charge is -2.46. The van der Waals surface area contributed by atoms with Gasteiger partial charge in [0.15, 0.2) is 8.32 Å². The van der Waals surface area contributed by atoms with Crippen LogP contribution in [0.15, 0.2) is 12.7 Å². The summed E-state index contributed by atoms with van der Waals surface area (Å²) in [6, 6.07) is 0. The third-order valence-electron chi connectivity index (χ3n) is 4.99. The molecule has 0 amide bonds. The summed E-state index contributed by atoms with van der Waals surface area (Å²) in [7, 11) is -1.82. The number of Topliss-reactive ketones (excluding diaryl/α,β-unsaturated/α-hetero) is 1. The van der Waals surface area contributed by atoms with Crippen LogP contribution in [0.2, 0.25) is 18.1 Å². The Balaban J connectivity index is 2.88. The molecule has 3 nitrogen and oxygen atoms in total. The zero-order chi connectivity index (χ0) is 16.4.